The predicted molar refractivity (Wildman–Crippen MR) is 132 cm³/mol. The van der Waals surface area contributed by atoms with E-state index in [1.807, 2.05) is 36.4 Å². The van der Waals surface area contributed by atoms with Crippen molar-refractivity contribution in [2.45, 2.75) is 13.1 Å². The molecule has 3 aromatic carbocycles. The fourth-order valence-corrected chi connectivity index (χ4v) is 4.50. The molecule has 4 aromatic rings. The Hall–Kier alpha value is -4.04. The van der Waals surface area contributed by atoms with Crippen molar-refractivity contribution in [3.63, 3.8) is 0 Å². The summed E-state index contributed by atoms with van der Waals surface area (Å²) in [5.74, 6) is 1.04. The average Bonchev–Trinajstić information content (AvgIpc) is 3.38. The molecule has 2 N–H and O–H groups in total. The van der Waals surface area contributed by atoms with Crippen LogP contribution in [-0.2, 0) is 13.1 Å². The molecule has 34 heavy (non-hydrogen) atoms. The molecule has 1 aromatic heterocycles. The van der Waals surface area contributed by atoms with Gasteiger partial charge < -0.3 is 19.7 Å². The average molecular weight is 459 g/mol. The molecule has 8 heteroatoms. The van der Waals surface area contributed by atoms with Crippen LogP contribution >= 0.6 is 0 Å². The number of rotatable bonds is 7. The van der Waals surface area contributed by atoms with Crippen LogP contribution in [0.3, 0.4) is 0 Å². The van der Waals surface area contributed by atoms with Gasteiger partial charge in [-0.05, 0) is 41.1 Å². The Balaban J connectivity index is 1.28. The number of nitrogens with one attached hydrogen (secondary N) is 1. The first-order valence-corrected chi connectivity index (χ1v) is 11.3. The first-order chi connectivity index (χ1) is 16.6. The maximum absolute atomic E-state index is 11.5. The molecule has 0 aliphatic carbocycles. The van der Waals surface area contributed by atoms with Crippen LogP contribution in [0, 0.1) is 10.1 Å². The Morgan fingerprint density at radius 3 is 2.59 bits per heavy atom. The zero-order valence-corrected chi connectivity index (χ0v) is 18.7. The summed E-state index contributed by atoms with van der Waals surface area (Å²) >= 11 is 0. The van der Waals surface area contributed by atoms with E-state index < -0.39 is 0 Å². The van der Waals surface area contributed by atoms with Gasteiger partial charge in [0.05, 0.1) is 17.7 Å². The maximum Gasteiger partial charge on any atom is 0.292 e. The molecule has 1 fully saturated rings. The second kappa shape index (κ2) is 9.44. The zero-order chi connectivity index (χ0) is 23.5. The van der Waals surface area contributed by atoms with Gasteiger partial charge in [0.25, 0.3) is 5.69 Å². The monoisotopic (exact) mass is 458 g/mol. The zero-order valence-electron chi connectivity index (χ0n) is 18.7. The van der Waals surface area contributed by atoms with E-state index in [-0.39, 0.29) is 10.6 Å². The normalized spacial score (nSPS) is 14.4. The molecule has 0 atom stereocenters. The molecule has 0 spiro atoms. The summed E-state index contributed by atoms with van der Waals surface area (Å²) < 4.78 is 5.33. The van der Waals surface area contributed by atoms with Crippen molar-refractivity contribution in [2.75, 3.05) is 36.4 Å². The van der Waals surface area contributed by atoms with Crippen LogP contribution in [-0.4, -0.2) is 41.1 Å². The fraction of sp³-hybridized carbons (Fsp3) is 0.231. The van der Waals surface area contributed by atoms with Crippen LogP contribution in [0.2, 0.25) is 0 Å². The predicted octanol–water partition coefficient (Wildman–Crippen LogP) is 4.98. The van der Waals surface area contributed by atoms with Crippen molar-refractivity contribution in [1.82, 2.24) is 4.90 Å². The van der Waals surface area contributed by atoms with E-state index in [2.05, 4.69) is 27.2 Å². The minimum Gasteiger partial charge on any atom is -0.508 e. The van der Waals surface area contributed by atoms with Crippen LogP contribution in [0.1, 0.15) is 11.3 Å². The topological polar surface area (TPSA) is 95.0 Å². The van der Waals surface area contributed by atoms with Crippen molar-refractivity contribution in [3.05, 3.63) is 94.4 Å². The highest BCUT2D eigenvalue weighted by atomic mass is 16.6. The molecule has 0 saturated carbocycles. The second-order valence-electron chi connectivity index (χ2n) is 8.44. The summed E-state index contributed by atoms with van der Waals surface area (Å²) in [5.41, 5.74) is 2.41. The van der Waals surface area contributed by atoms with E-state index in [0.29, 0.717) is 30.3 Å². The number of anilines is 2. The third-order valence-electron chi connectivity index (χ3n) is 6.35. The highest BCUT2D eigenvalue weighted by Crippen LogP contribution is 2.32. The Morgan fingerprint density at radius 2 is 1.82 bits per heavy atom. The van der Waals surface area contributed by atoms with Crippen molar-refractivity contribution in [3.8, 4) is 5.75 Å². The third-order valence-corrected chi connectivity index (χ3v) is 6.35. The van der Waals surface area contributed by atoms with E-state index in [1.54, 1.807) is 24.5 Å². The lowest BCUT2D eigenvalue weighted by molar-refractivity contribution is -0.384. The summed E-state index contributed by atoms with van der Waals surface area (Å²) in [6, 6.07) is 20.6. The van der Waals surface area contributed by atoms with Gasteiger partial charge in [-0.2, -0.15) is 0 Å². The molecule has 1 aliphatic rings. The number of nitro benzene ring substituents is 1. The van der Waals surface area contributed by atoms with Gasteiger partial charge in [0.15, 0.2) is 0 Å². The number of nitrogens with zero attached hydrogens (tertiary/aromatic N) is 3. The van der Waals surface area contributed by atoms with Gasteiger partial charge in [-0.1, -0.05) is 30.3 Å². The largest absolute Gasteiger partial charge is 0.508 e. The molecule has 0 bridgehead atoms. The fourth-order valence-electron chi connectivity index (χ4n) is 4.50. The minimum atomic E-state index is -0.372. The molecule has 174 valence electrons. The molecular formula is C26H26N4O4. The van der Waals surface area contributed by atoms with Gasteiger partial charge >= 0.3 is 0 Å². The SMILES string of the molecule is O=[N+]([O-])c1ccc(N2CCN(Cc3c(O)ccc4ccccc34)CC2)cc1NCc1ccco1. The van der Waals surface area contributed by atoms with Gasteiger partial charge in [0.1, 0.15) is 17.2 Å². The Kier molecular flexibility index (Phi) is 6.05. The summed E-state index contributed by atoms with van der Waals surface area (Å²) in [4.78, 5) is 15.7. The van der Waals surface area contributed by atoms with Crippen LogP contribution in [0.15, 0.2) is 77.4 Å². The van der Waals surface area contributed by atoms with Crippen LogP contribution in [0.5, 0.6) is 5.75 Å². The summed E-state index contributed by atoms with van der Waals surface area (Å²) in [6.07, 6.45) is 1.58. The molecule has 8 nitrogen and oxygen atoms in total. The van der Waals surface area contributed by atoms with E-state index in [0.717, 1.165) is 48.2 Å². The van der Waals surface area contributed by atoms with E-state index in [9.17, 15) is 15.2 Å². The van der Waals surface area contributed by atoms with Gasteiger partial charge in [-0.25, -0.2) is 0 Å². The number of phenolic OH excluding ortho intramolecular Hbond substituents is 1. The van der Waals surface area contributed by atoms with Crippen molar-refractivity contribution >= 4 is 27.8 Å². The Labute approximate surface area is 197 Å². The third kappa shape index (κ3) is 4.53. The molecule has 1 aliphatic heterocycles. The highest BCUT2D eigenvalue weighted by molar-refractivity contribution is 5.87. The number of hydrogen-bond acceptors (Lipinski definition) is 7. The molecule has 0 amide bonds. The number of aromatic hydroxyl groups is 1. The molecule has 1 saturated heterocycles. The van der Waals surface area contributed by atoms with Gasteiger partial charge in [-0.15, -0.1) is 0 Å². The standard InChI is InChI=1S/C26H26N4O4/c31-26-10-7-19-4-1-2-6-22(19)23(26)18-28-11-13-29(14-12-28)20-8-9-25(30(32)33)24(16-20)27-17-21-5-3-15-34-21/h1-10,15-16,27,31H,11-14,17-18H2. The smallest absolute Gasteiger partial charge is 0.292 e. The number of nitro groups is 1. The Morgan fingerprint density at radius 1 is 1.00 bits per heavy atom. The van der Waals surface area contributed by atoms with Gasteiger partial charge in [0.2, 0.25) is 0 Å². The summed E-state index contributed by atoms with van der Waals surface area (Å²) in [7, 11) is 0. The summed E-state index contributed by atoms with van der Waals surface area (Å²) in [5, 5.41) is 27.3. The number of phenols is 1. The number of furan rings is 1. The van der Waals surface area contributed by atoms with Gasteiger partial charge in [-0.3, -0.25) is 15.0 Å². The lowest BCUT2D eigenvalue weighted by Crippen LogP contribution is -2.46. The van der Waals surface area contributed by atoms with E-state index in [4.69, 9.17) is 4.42 Å². The lowest BCUT2D eigenvalue weighted by Gasteiger charge is -2.36. The first kappa shape index (κ1) is 21.8. The van der Waals surface area contributed by atoms with Crippen LogP contribution < -0.4 is 10.2 Å². The van der Waals surface area contributed by atoms with Crippen LogP contribution in [0.25, 0.3) is 10.8 Å². The quantitative estimate of drug-likeness (QED) is 0.298. The highest BCUT2D eigenvalue weighted by Gasteiger charge is 2.22. The molecule has 0 unspecified atom stereocenters. The van der Waals surface area contributed by atoms with Crippen molar-refractivity contribution in [2.24, 2.45) is 0 Å². The minimum absolute atomic E-state index is 0.0420. The van der Waals surface area contributed by atoms with Gasteiger partial charge in [0, 0.05) is 50.0 Å². The molecule has 5 rings (SSSR count). The number of hydrogen-bond donors (Lipinski definition) is 2. The number of benzene rings is 3. The molecule has 0 radical (unpaired) electrons. The summed E-state index contributed by atoms with van der Waals surface area (Å²) in [6.45, 7) is 4.29. The van der Waals surface area contributed by atoms with E-state index >= 15 is 0 Å². The molecule has 2 heterocycles. The molecular weight excluding hydrogens is 432 g/mol. The maximum atomic E-state index is 11.5. The van der Waals surface area contributed by atoms with Crippen molar-refractivity contribution < 1.29 is 14.4 Å². The number of fused-ring (bicyclic) bond motifs is 1. The van der Waals surface area contributed by atoms with Crippen molar-refractivity contribution in [1.29, 1.82) is 0 Å². The Bertz CT molecular complexity index is 1300. The van der Waals surface area contributed by atoms with Crippen LogP contribution in [0.4, 0.5) is 17.1 Å². The lowest BCUT2D eigenvalue weighted by atomic mass is 10.0. The van der Waals surface area contributed by atoms with E-state index in [1.165, 1.54) is 0 Å². The number of piperazine rings is 1. The first-order valence-electron chi connectivity index (χ1n) is 11.3. The second-order valence-corrected chi connectivity index (χ2v) is 8.44.